The summed E-state index contributed by atoms with van der Waals surface area (Å²) < 4.78 is 11.0. The molecule has 27 heavy (non-hydrogen) atoms. The second-order valence-corrected chi connectivity index (χ2v) is 6.93. The van der Waals surface area contributed by atoms with Gasteiger partial charge in [0.1, 0.15) is 12.4 Å². The smallest absolute Gasteiger partial charge is 0.333 e. The molecule has 1 atom stereocenters. The van der Waals surface area contributed by atoms with Crippen molar-refractivity contribution in [2.24, 2.45) is 0 Å². The minimum Gasteiger partial charge on any atom is -0.486 e. The molecule has 0 spiro atoms. The molecule has 0 saturated heterocycles. The van der Waals surface area contributed by atoms with Crippen LogP contribution in [-0.4, -0.2) is 35.7 Å². The molecular weight excluding hydrogens is 368 g/mol. The number of halogens is 1. The average molecular weight is 391 g/mol. The highest BCUT2D eigenvalue weighted by atomic mass is 35.5. The molecular formula is C21H23ClO5. The Morgan fingerprint density at radius 3 is 2.41 bits per heavy atom. The van der Waals surface area contributed by atoms with Gasteiger partial charge in [-0.15, -0.1) is 0 Å². The fraction of sp³-hybridized carbons (Fsp3) is 0.333. The Bertz CT molecular complexity index is 770. The molecule has 1 N–H and O–H groups in total. The lowest BCUT2D eigenvalue weighted by molar-refractivity contribution is -0.153. The highest BCUT2D eigenvalue weighted by molar-refractivity contribution is 6.30. The fourth-order valence-electron chi connectivity index (χ4n) is 2.54. The van der Waals surface area contributed by atoms with Gasteiger partial charge >= 0.3 is 5.97 Å². The molecule has 0 saturated carbocycles. The maximum atomic E-state index is 12.1. The van der Waals surface area contributed by atoms with Crippen LogP contribution in [0.3, 0.4) is 0 Å². The van der Waals surface area contributed by atoms with Crippen molar-refractivity contribution in [1.29, 1.82) is 0 Å². The van der Waals surface area contributed by atoms with E-state index in [4.69, 9.17) is 21.1 Å². The Morgan fingerprint density at radius 1 is 1.07 bits per heavy atom. The number of carboxylic acids is 1. The molecule has 5 nitrogen and oxygen atoms in total. The number of Topliss-reactive ketones (excluding diaryl/α,β-unsaturated/α-hetero) is 1. The minimum absolute atomic E-state index is 0.0586. The van der Waals surface area contributed by atoms with Crippen LogP contribution < -0.4 is 4.74 Å². The molecule has 0 aliphatic heterocycles. The Hall–Kier alpha value is -2.37. The van der Waals surface area contributed by atoms with Gasteiger partial charge in [0.25, 0.3) is 0 Å². The fourth-order valence-corrected chi connectivity index (χ4v) is 2.67. The van der Waals surface area contributed by atoms with E-state index in [1.165, 1.54) is 0 Å². The van der Waals surface area contributed by atoms with Gasteiger partial charge in [-0.05, 0) is 49.2 Å². The van der Waals surface area contributed by atoms with E-state index >= 15 is 0 Å². The van der Waals surface area contributed by atoms with Gasteiger partial charge in [-0.3, -0.25) is 4.79 Å². The average Bonchev–Trinajstić information content (AvgIpc) is 2.61. The maximum Gasteiger partial charge on any atom is 0.333 e. The molecule has 0 radical (unpaired) electrons. The maximum absolute atomic E-state index is 12.1. The summed E-state index contributed by atoms with van der Waals surface area (Å²) in [6, 6.07) is 14.1. The minimum atomic E-state index is -1.01. The third kappa shape index (κ3) is 7.41. The van der Waals surface area contributed by atoms with Gasteiger partial charge in [-0.25, -0.2) is 4.79 Å². The van der Waals surface area contributed by atoms with E-state index in [9.17, 15) is 14.7 Å². The van der Waals surface area contributed by atoms with Gasteiger partial charge in [-0.1, -0.05) is 35.9 Å². The van der Waals surface area contributed by atoms with E-state index in [1.54, 1.807) is 44.2 Å². The highest BCUT2D eigenvalue weighted by Gasteiger charge is 2.20. The zero-order valence-electron chi connectivity index (χ0n) is 15.4. The number of carbonyl (C=O) groups excluding carboxylic acids is 1. The van der Waals surface area contributed by atoms with E-state index in [-0.39, 0.29) is 31.3 Å². The summed E-state index contributed by atoms with van der Waals surface area (Å²) in [5.41, 5.74) is 1.64. The van der Waals surface area contributed by atoms with E-state index in [1.807, 2.05) is 18.2 Å². The van der Waals surface area contributed by atoms with Crippen LogP contribution in [-0.2, 0) is 27.2 Å². The SMILES string of the molecule is CC(C)OC(Cc1cccc(OCC(=O)Cc2ccc(Cl)cc2)c1)C(=O)O. The zero-order valence-corrected chi connectivity index (χ0v) is 16.1. The van der Waals surface area contributed by atoms with E-state index in [0.29, 0.717) is 10.8 Å². The molecule has 0 aliphatic carbocycles. The molecule has 0 bridgehead atoms. The molecule has 2 rings (SSSR count). The molecule has 0 aliphatic rings. The third-order valence-electron chi connectivity index (χ3n) is 3.75. The van der Waals surface area contributed by atoms with Crippen LogP contribution in [0, 0.1) is 0 Å². The molecule has 0 heterocycles. The van der Waals surface area contributed by atoms with Crippen molar-refractivity contribution in [3.63, 3.8) is 0 Å². The predicted molar refractivity (Wildman–Crippen MR) is 103 cm³/mol. The molecule has 144 valence electrons. The van der Waals surface area contributed by atoms with Crippen molar-refractivity contribution in [1.82, 2.24) is 0 Å². The van der Waals surface area contributed by atoms with E-state index in [0.717, 1.165) is 11.1 Å². The first-order valence-electron chi connectivity index (χ1n) is 8.69. The lowest BCUT2D eigenvalue weighted by atomic mass is 10.1. The summed E-state index contributed by atoms with van der Waals surface area (Å²) in [5.74, 6) is -0.548. The molecule has 6 heteroatoms. The molecule has 2 aromatic rings. The number of aliphatic carboxylic acids is 1. The number of carbonyl (C=O) groups is 2. The summed E-state index contributed by atoms with van der Waals surface area (Å²) in [5, 5.41) is 9.90. The van der Waals surface area contributed by atoms with Gasteiger partial charge in [0.05, 0.1) is 6.10 Å². The van der Waals surface area contributed by atoms with Crippen LogP contribution in [0.25, 0.3) is 0 Å². The lowest BCUT2D eigenvalue weighted by Gasteiger charge is -2.17. The monoisotopic (exact) mass is 390 g/mol. The lowest BCUT2D eigenvalue weighted by Crippen LogP contribution is -2.29. The van der Waals surface area contributed by atoms with Crippen molar-refractivity contribution in [3.8, 4) is 5.75 Å². The third-order valence-corrected chi connectivity index (χ3v) is 4.00. The predicted octanol–water partition coefficient (Wildman–Crippen LogP) is 3.95. The number of hydrogen-bond donors (Lipinski definition) is 1. The summed E-state index contributed by atoms with van der Waals surface area (Å²) in [4.78, 5) is 23.4. The van der Waals surface area contributed by atoms with Crippen LogP contribution in [0.2, 0.25) is 5.02 Å². The van der Waals surface area contributed by atoms with Gasteiger partial charge in [-0.2, -0.15) is 0 Å². The molecule has 1 unspecified atom stereocenters. The summed E-state index contributed by atoms with van der Waals surface area (Å²) in [6.45, 7) is 3.53. The van der Waals surface area contributed by atoms with Crippen LogP contribution in [0.1, 0.15) is 25.0 Å². The quantitative estimate of drug-likeness (QED) is 0.665. The van der Waals surface area contributed by atoms with Gasteiger partial charge < -0.3 is 14.6 Å². The molecule has 0 aromatic heterocycles. The van der Waals surface area contributed by atoms with E-state index < -0.39 is 12.1 Å². The molecule has 0 amide bonds. The zero-order chi connectivity index (χ0) is 19.8. The number of benzene rings is 2. The number of ketones is 1. The number of carboxylic acid groups (broad SMARTS) is 1. The largest absolute Gasteiger partial charge is 0.486 e. The second-order valence-electron chi connectivity index (χ2n) is 6.49. The van der Waals surface area contributed by atoms with Crippen molar-refractivity contribution < 1.29 is 24.2 Å². The topological polar surface area (TPSA) is 72.8 Å². The van der Waals surface area contributed by atoms with Crippen molar-refractivity contribution in [2.75, 3.05) is 6.61 Å². The number of rotatable bonds is 10. The molecule has 2 aromatic carbocycles. The van der Waals surface area contributed by atoms with Crippen molar-refractivity contribution in [2.45, 2.75) is 38.9 Å². The normalized spacial score (nSPS) is 12.0. The summed E-state index contributed by atoms with van der Waals surface area (Å²) in [6.07, 6.45) is -0.619. The molecule has 0 fully saturated rings. The Labute approximate surface area is 163 Å². The van der Waals surface area contributed by atoms with Crippen molar-refractivity contribution in [3.05, 3.63) is 64.7 Å². The van der Waals surface area contributed by atoms with Gasteiger partial charge in [0, 0.05) is 17.9 Å². The van der Waals surface area contributed by atoms with Crippen LogP contribution in [0.4, 0.5) is 0 Å². The Morgan fingerprint density at radius 2 is 1.78 bits per heavy atom. The van der Waals surface area contributed by atoms with Crippen LogP contribution >= 0.6 is 11.6 Å². The number of hydrogen-bond acceptors (Lipinski definition) is 4. The highest BCUT2D eigenvalue weighted by Crippen LogP contribution is 2.17. The summed E-state index contributed by atoms with van der Waals surface area (Å²) >= 11 is 5.83. The van der Waals surface area contributed by atoms with Crippen molar-refractivity contribution >= 4 is 23.4 Å². The first kappa shape index (κ1) is 20.9. The number of ether oxygens (including phenoxy) is 2. The van der Waals surface area contributed by atoms with Gasteiger partial charge in [0.2, 0.25) is 0 Å². The Kier molecular flexibility index (Phi) is 7.82. The second kappa shape index (κ2) is 10.1. The Balaban J connectivity index is 1.91. The van der Waals surface area contributed by atoms with Crippen LogP contribution in [0.15, 0.2) is 48.5 Å². The van der Waals surface area contributed by atoms with Gasteiger partial charge in [0.15, 0.2) is 11.9 Å². The standard InChI is InChI=1S/C21H23ClO5/c1-14(2)27-20(21(24)25)12-16-4-3-5-19(11-16)26-13-18(23)10-15-6-8-17(22)9-7-15/h3-9,11,14,20H,10,12-13H2,1-2H3,(H,24,25). The van der Waals surface area contributed by atoms with Crippen LogP contribution in [0.5, 0.6) is 5.75 Å². The summed E-state index contributed by atoms with van der Waals surface area (Å²) in [7, 11) is 0. The first-order valence-corrected chi connectivity index (χ1v) is 9.07. The first-order chi connectivity index (χ1) is 12.8. The van der Waals surface area contributed by atoms with E-state index in [2.05, 4.69) is 0 Å².